The van der Waals surface area contributed by atoms with Crippen molar-refractivity contribution in [3.8, 4) is 0 Å². The number of likely N-dealkylation sites (tertiary alicyclic amines) is 1. The molecule has 0 bridgehead atoms. The lowest BCUT2D eigenvalue weighted by atomic mass is 9.79. The van der Waals surface area contributed by atoms with Crippen molar-refractivity contribution in [3.63, 3.8) is 0 Å². The molecule has 6 rings (SSSR count). The van der Waals surface area contributed by atoms with Gasteiger partial charge < -0.3 is 4.90 Å². The van der Waals surface area contributed by atoms with Crippen molar-refractivity contribution in [2.45, 2.75) is 42.2 Å². The first-order valence-corrected chi connectivity index (χ1v) is 12.0. The molecule has 0 amide bonds. The van der Waals surface area contributed by atoms with Crippen LogP contribution in [-0.2, 0) is 4.75 Å². The Morgan fingerprint density at radius 2 is 1.74 bits per heavy atom. The molecule has 0 aromatic heterocycles. The van der Waals surface area contributed by atoms with Gasteiger partial charge in [-0.2, -0.15) is 0 Å². The largest absolute Gasteiger partial charge is 0.306 e. The van der Waals surface area contributed by atoms with Gasteiger partial charge in [0.15, 0.2) is 0 Å². The molecule has 4 heterocycles. The van der Waals surface area contributed by atoms with E-state index in [1.165, 1.54) is 31.5 Å². The van der Waals surface area contributed by atoms with Gasteiger partial charge in [-0.05, 0) is 59.5 Å². The first kappa shape index (κ1) is 16.2. The Labute approximate surface area is 163 Å². The number of hydrogen-bond acceptors (Lipinski definition) is 1. The lowest BCUT2D eigenvalue weighted by Gasteiger charge is -2.31. The SMILES string of the molecule is CC(C)c1ccc2c(c1)C(=C1CCN(C)CC1)C1(c3ccccc3)C3=S21=C3. The molecule has 2 heteroatoms. The first-order chi connectivity index (χ1) is 13.1. The average molecular weight is 374 g/mol. The number of fused-ring (bicyclic) bond motifs is 2. The molecule has 1 saturated heterocycles. The Morgan fingerprint density at radius 1 is 1.00 bits per heavy atom. The van der Waals surface area contributed by atoms with E-state index >= 15 is 0 Å². The minimum atomic E-state index is -0.821. The summed E-state index contributed by atoms with van der Waals surface area (Å²) in [5.74, 6) is 0.586. The molecular formula is C25H27NS. The third-order valence-electron chi connectivity index (χ3n) is 7.12. The van der Waals surface area contributed by atoms with Gasteiger partial charge in [0.05, 0.1) is 4.75 Å². The second-order valence-corrected chi connectivity index (χ2v) is 11.9. The van der Waals surface area contributed by atoms with Crippen molar-refractivity contribution >= 4 is 25.0 Å². The highest BCUT2D eigenvalue weighted by Crippen LogP contribution is 2.87. The topological polar surface area (TPSA) is 3.24 Å². The maximum absolute atomic E-state index is 2.62. The standard InChI is InChI=1S/C25H27NS/c1-17(2)19-9-10-22-21(15-19)24(18-11-13-26(3)14-12-18)25(23-16-27(22,23)25)20-7-5-4-6-8-20/h4-10,15-17H,11-14H2,1-3H3. The van der Waals surface area contributed by atoms with Crippen LogP contribution in [0.15, 0.2) is 59.0 Å². The summed E-state index contributed by atoms with van der Waals surface area (Å²) in [6.45, 7) is 7.03. The van der Waals surface area contributed by atoms with E-state index in [0.717, 1.165) is 0 Å². The molecule has 138 valence electrons. The highest BCUT2D eigenvalue weighted by atomic mass is 32.2. The van der Waals surface area contributed by atoms with E-state index in [1.807, 2.05) is 0 Å². The predicted molar refractivity (Wildman–Crippen MR) is 119 cm³/mol. The molecule has 1 nitrogen and oxygen atoms in total. The van der Waals surface area contributed by atoms with Gasteiger partial charge in [-0.15, -0.1) is 9.21 Å². The highest BCUT2D eigenvalue weighted by Gasteiger charge is 2.72. The molecule has 0 radical (unpaired) electrons. The van der Waals surface area contributed by atoms with Crippen LogP contribution in [0.25, 0.3) is 5.57 Å². The molecule has 27 heavy (non-hydrogen) atoms. The summed E-state index contributed by atoms with van der Waals surface area (Å²) in [6, 6.07) is 18.8. The Morgan fingerprint density at radius 3 is 2.41 bits per heavy atom. The molecule has 4 aliphatic heterocycles. The number of benzene rings is 2. The van der Waals surface area contributed by atoms with E-state index in [1.54, 1.807) is 32.0 Å². The molecule has 4 aliphatic rings. The fourth-order valence-electron chi connectivity index (χ4n) is 5.53. The zero-order chi connectivity index (χ0) is 18.4. The molecule has 1 fully saturated rings. The highest BCUT2D eigenvalue weighted by molar-refractivity contribution is 8.50. The third kappa shape index (κ3) is 1.81. The van der Waals surface area contributed by atoms with Crippen LogP contribution in [-0.4, -0.2) is 35.3 Å². The molecule has 2 atom stereocenters. The normalized spacial score (nSPS) is 30.7. The summed E-state index contributed by atoms with van der Waals surface area (Å²) in [5, 5.41) is 2.62. The third-order valence-corrected chi connectivity index (χ3v) is 11.0. The van der Waals surface area contributed by atoms with Crippen LogP contribution in [0.4, 0.5) is 0 Å². The van der Waals surface area contributed by atoms with E-state index < -0.39 is 9.21 Å². The van der Waals surface area contributed by atoms with E-state index in [0.29, 0.717) is 5.92 Å². The van der Waals surface area contributed by atoms with E-state index in [2.05, 4.69) is 79.7 Å². The van der Waals surface area contributed by atoms with E-state index in [4.69, 9.17) is 0 Å². The molecule has 2 aromatic carbocycles. The summed E-state index contributed by atoms with van der Waals surface area (Å²) in [4.78, 5) is 5.90. The van der Waals surface area contributed by atoms with Crippen LogP contribution in [0.5, 0.6) is 0 Å². The van der Waals surface area contributed by atoms with Crippen LogP contribution in [0.1, 0.15) is 49.3 Å². The lowest BCUT2D eigenvalue weighted by molar-refractivity contribution is 0.312. The fraction of sp³-hybridized carbons (Fsp3) is 0.360. The molecule has 0 saturated carbocycles. The number of piperidine rings is 1. The van der Waals surface area contributed by atoms with Gasteiger partial charge in [0, 0.05) is 22.8 Å². The number of nitrogens with zero attached hydrogens (tertiary/aromatic N) is 1. The lowest BCUT2D eigenvalue weighted by Crippen LogP contribution is -2.29. The smallest absolute Gasteiger partial charge is 0.0922 e. The van der Waals surface area contributed by atoms with Crippen LogP contribution in [0, 0.1) is 0 Å². The van der Waals surface area contributed by atoms with Gasteiger partial charge >= 0.3 is 0 Å². The second kappa shape index (κ2) is 5.18. The zero-order valence-electron chi connectivity index (χ0n) is 16.5. The average Bonchev–Trinajstić information content (AvgIpc) is 3.54. The second-order valence-electron chi connectivity index (χ2n) is 8.88. The Bertz CT molecular complexity index is 1130. The van der Waals surface area contributed by atoms with Crippen molar-refractivity contribution in [2.75, 3.05) is 20.1 Å². The Hall–Kier alpha value is -1.77. The fourth-order valence-corrected chi connectivity index (χ4v) is 10.1. The summed E-state index contributed by atoms with van der Waals surface area (Å²) >= 11 is 0. The van der Waals surface area contributed by atoms with Crippen molar-refractivity contribution in [1.29, 1.82) is 0 Å². The summed E-state index contributed by atoms with van der Waals surface area (Å²) in [5.41, 5.74) is 8.07. The van der Waals surface area contributed by atoms with E-state index in [-0.39, 0.29) is 4.75 Å². The predicted octanol–water partition coefficient (Wildman–Crippen LogP) is 5.36. The van der Waals surface area contributed by atoms with Crippen LogP contribution in [0.3, 0.4) is 0 Å². The van der Waals surface area contributed by atoms with Crippen LogP contribution < -0.4 is 0 Å². The van der Waals surface area contributed by atoms with E-state index in [9.17, 15) is 0 Å². The van der Waals surface area contributed by atoms with Gasteiger partial charge in [0.25, 0.3) is 0 Å². The number of hydrogen-bond donors (Lipinski definition) is 0. The van der Waals surface area contributed by atoms with Crippen molar-refractivity contribution < 1.29 is 0 Å². The summed E-state index contributed by atoms with van der Waals surface area (Å²) < 4.78 is 0.247. The molecule has 0 N–H and O–H groups in total. The van der Waals surface area contributed by atoms with Gasteiger partial charge in [-0.1, -0.05) is 61.9 Å². The Balaban J connectivity index is 1.62. The van der Waals surface area contributed by atoms with Gasteiger partial charge in [-0.3, -0.25) is 0 Å². The van der Waals surface area contributed by atoms with Gasteiger partial charge in [0.1, 0.15) is 0 Å². The van der Waals surface area contributed by atoms with Crippen molar-refractivity contribution in [3.05, 3.63) is 70.8 Å². The zero-order valence-corrected chi connectivity index (χ0v) is 17.3. The van der Waals surface area contributed by atoms with Gasteiger partial charge in [-0.25, -0.2) is 0 Å². The quantitative estimate of drug-likeness (QED) is 0.640. The first-order valence-electron chi connectivity index (χ1n) is 10.3. The molecule has 1 spiro atoms. The van der Waals surface area contributed by atoms with Crippen molar-refractivity contribution in [2.24, 2.45) is 0 Å². The van der Waals surface area contributed by atoms with Gasteiger partial charge in [0.2, 0.25) is 0 Å². The summed E-state index contributed by atoms with van der Waals surface area (Å²) in [7, 11) is 1.44. The maximum Gasteiger partial charge on any atom is 0.0922 e. The monoisotopic (exact) mass is 373 g/mol. The molecule has 2 unspecified atom stereocenters. The molecule has 0 aliphatic carbocycles. The van der Waals surface area contributed by atoms with Crippen LogP contribution >= 0.6 is 9.21 Å². The number of rotatable bonds is 2. The Kier molecular flexibility index (Phi) is 3.11. The minimum Gasteiger partial charge on any atom is -0.306 e. The molecule has 2 aromatic rings. The van der Waals surface area contributed by atoms with Crippen molar-refractivity contribution in [1.82, 2.24) is 4.90 Å². The molecular weight excluding hydrogens is 346 g/mol. The summed E-state index contributed by atoms with van der Waals surface area (Å²) in [6.07, 6.45) is 2.46. The minimum absolute atomic E-state index is 0.247. The maximum atomic E-state index is 2.62. The van der Waals surface area contributed by atoms with Crippen LogP contribution in [0.2, 0.25) is 0 Å².